The lowest BCUT2D eigenvalue weighted by atomic mass is 10.1. The predicted molar refractivity (Wildman–Crippen MR) is 114 cm³/mol. The van der Waals surface area contributed by atoms with Gasteiger partial charge in [0.25, 0.3) is 0 Å². The van der Waals surface area contributed by atoms with Gasteiger partial charge in [-0.05, 0) is 45.3 Å². The summed E-state index contributed by atoms with van der Waals surface area (Å²) in [7, 11) is 7.32. The molecule has 2 aromatic rings. The number of ether oxygens (including phenoxy) is 2. The molecule has 0 aliphatic rings. The fourth-order valence-corrected chi connectivity index (χ4v) is 3.46. The van der Waals surface area contributed by atoms with E-state index in [0.29, 0.717) is 13.0 Å². The summed E-state index contributed by atoms with van der Waals surface area (Å²) in [5, 5.41) is 2.67. The van der Waals surface area contributed by atoms with E-state index in [4.69, 9.17) is 14.5 Å². The van der Waals surface area contributed by atoms with E-state index in [2.05, 4.69) is 4.90 Å². The fourth-order valence-electron chi connectivity index (χ4n) is 2.59. The molecule has 0 N–H and O–H groups in total. The van der Waals surface area contributed by atoms with Crippen LogP contribution in [0.15, 0.2) is 23.6 Å². The predicted octanol–water partition coefficient (Wildman–Crippen LogP) is 3.94. The zero-order valence-electron chi connectivity index (χ0n) is 16.5. The first-order valence-corrected chi connectivity index (χ1v) is 9.51. The van der Waals surface area contributed by atoms with Gasteiger partial charge >= 0.3 is 0 Å². The molecule has 0 unspecified atom stereocenters. The van der Waals surface area contributed by atoms with Crippen LogP contribution in [0.25, 0.3) is 11.3 Å². The first-order valence-electron chi connectivity index (χ1n) is 8.63. The molecule has 1 aromatic heterocycles. The molecule has 2 rings (SSSR count). The van der Waals surface area contributed by atoms with Crippen molar-refractivity contribution in [3.63, 3.8) is 0 Å². The third-order valence-electron chi connectivity index (χ3n) is 4.00. The summed E-state index contributed by atoms with van der Waals surface area (Å²) < 4.78 is 10.8. The molecule has 0 aliphatic heterocycles. The summed E-state index contributed by atoms with van der Waals surface area (Å²) in [6.07, 6.45) is 1.36. The Bertz CT molecular complexity index is 737. The molecule has 150 valence electrons. The molecule has 0 saturated heterocycles. The Morgan fingerprint density at radius 1 is 1.19 bits per heavy atom. The van der Waals surface area contributed by atoms with Gasteiger partial charge in [-0.15, -0.1) is 23.7 Å². The van der Waals surface area contributed by atoms with Crippen LogP contribution in [-0.4, -0.2) is 57.2 Å². The zero-order valence-corrected chi connectivity index (χ0v) is 18.2. The number of benzene rings is 1. The van der Waals surface area contributed by atoms with Gasteiger partial charge in [0.1, 0.15) is 11.5 Å². The summed E-state index contributed by atoms with van der Waals surface area (Å²) >= 11 is 1.47. The quantitative estimate of drug-likeness (QED) is 0.623. The van der Waals surface area contributed by atoms with E-state index in [1.165, 1.54) is 11.3 Å². The highest BCUT2D eigenvalue weighted by Gasteiger charge is 2.19. The summed E-state index contributed by atoms with van der Waals surface area (Å²) in [5.41, 5.74) is 1.63. The van der Waals surface area contributed by atoms with Crippen LogP contribution in [0, 0.1) is 0 Å². The van der Waals surface area contributed by atoms with Gasteiger partial charge in [-0.1, -0.05) is 6.92 Å². The maximum atomic E-state index is 12.4. The van der Waals surface area contributed by atoms with Crippen LogP contribution < -0.4 is 14.4 Å². The molecule has 1 amide bonds. The molecule has 0 aliphatic carbocycles. The number of aromatic nitrogens is 1. The Labute approximate surface area is 171 Å². The number of hydrogen-bond donors (Lipinski definition) is 0. The number of carbonyl (C=O) groups is 1. The standard InChI is InChI=1S/C19H27N3O3S.ClH/c1-6-18(23)22(11-7-10-21(2)3)19-20-16(13-26-19)15-12-14(24-4)8-9-17(15)25-5;/h8-9,12-13H,6-7,10-11H2,1-5H3;1H. The van der Waals surface area contributed by atoms with Gasteiger partial charge in [-0.3, -0.25) is 9.69 Å². The molecule has 0 saturated carbocycles. The third kappa shape index (κ3) is 6.09. The molecule has 0 bridgehead atoms. The molecule has 0 fully saturated rings. The zero-order chi connectivity index (χ0) is 19.1. The summed E-state index contributed by atoms with van der Waals surface area (Å²) in [6, 6.07) is 5.61. The summed E-state index contributed by atoms with van der Waals surface area (Å²) in [6.45, 7) is 3.46. The van der Waals surface area contributed by atoms with Crippen molar-refractivity contribution in [3.8, 4) is 22.8 Å². The van der Waals surface area contributed by atoms with Crippen molar-refractivity contribution in [2.45, 2.75) is 19.8 Å². The molecule has 0 atom stereocenters. The number of thiazole rings is 1. The van der Waals surface area contributed by atoms with Crippen molar-refractivity contribution in [2.75, 3.05) is 46.3 Å². The first kappa shape index (κ1) is 23.2. The lowest BCUT2D eigenvalue weighted by molar-refractivity contribution is -0.118. The minimum atomic E-state index is 0. The van der Waals surface area contributed by atoms with Crippen molar-refractivity contribution in [2.24, 2.45) is 0 Å². The van der Waals surface area contributed by atoms with Crippen LogP contribution in [0.1, 0.15) is 19.8 Å². The van der Waals surface area contributed by atoms with E-state index in [9.17, 15) is 4.79 Å². The van der Waals surface area contributed by atoms with Crippen molar-refractivity contribution in [1.82, 2.24) is 9.88 Å². The van der Waals surface area contributed by atoms with Crippen LogP contribution >= 0.6 is 23.7 Å². The molecular formula is C19H28ClN3O3S. The van der Waals surface area contributed by atoms with E-state index >= 15 is 0 Å². The average molecular weight is 414 g/mol. The molecular weight excluding hydrogens is 386 g/mol. The lowest BCUT2D eigenvalue weighted by Crippen LogP contribution is -2.32. The Balaban J connectivity index is 0.00000364. The van der Waals surface area contributed by atoms with E-state index < -0.39 is 0 Å². The van der Waals surface area contributed by atoms with Crippen LogP contribution in [0.3, 0.4) is 0 Å². The Morgan fingerprint density at radius 3 is 2.52 bits per heavy atom. The van der Waals surface area contributed by atoms with Crippen molar-refractivity contribution >= 4 is 34.8 Å². The van der Waals surface area contributed by atoms with Gasteiger partial charge in [0.2, 0.25) is 5.91 Å². The molecule has 1 aromatic carbocycles. The van der Waals surface area contributed by atoms with Gasteiger partial charge in [0.05, 0.1) is 19.9 Å². The number of halogens is 1. The second-order valence-corrected chi connectivity index (χ2v) is 6.97. The number of rotatable bonds is 9. The maximum absolute atomic E-state index is 12.4. The highest BCUT2D eigenvalue weighted by Crippen LogP contribution is 2.36. The van der Waals surface area contributed by atoms with E-state index in [-0.39, 0.29) is 18.3 Å². The second-order valence-electron chi connectivity index (χ2n) is 6.14. The number of amides is 1. The number of carbonyl (C=O) groups excluding carboxylic acids is 1. The highest BCUT2D eigenvalue weighted by atomic mass is 35.5. The highest BCUT2D eigenvalue weighted by molar-refractivity contribution is 7.14. The molecule has 0 radical (unpaired) electrons. The second kappa shape index (κ2) is 11.1. The van der Waals surface area contributed by atoms with Gasteiger partial charge in [-0.2, -0.15) is 0 Å². The lowest BCUT2D eigenvalue weighted by Gasteiger charge is -2.20. The van der Waals surface area contributed by atoms with Crippen molar-refractivity contribution < 1.29 is 14.3 Å². The third-order valence-corrected chi connectivity index (χ3v) is 4.86. The van der Waals surface area contributed by atoms with Crippen molar-refractivity contribution in [1.29, 1.82) is 0 Å². The van der Waals surface area contributed by atoms with E-state index in [1.807, 2.05) is 44.6 Å². The Morgan fingerprint density at radius 2 is 1.93 bits per heavy atom. The van der Waals surface area contributed by atoms with Gasteiger partial charge in [0.15, 0.2) is 5.13 Å². The topological polar surface area (TPSA) is 54.9 Å². The minimum Gasteiger partial charge on any atom is -0.497 e. The fraction of sp³-hybridized carbons (Fsp3) is 0.474. The molecule has 6 nitrogen and oxygen atoms in total. The van der Waals surface area contributed by atoms with Gasteiger partial charge < -0.3 is 14.4 Å². The smallest absolute Gasteiger partial charge is 0.228 e. The SMILES string of the molecule is CCC(=O)N(CCCN(C)C)c1nc(-c2cc(OC)ccc2OC)cs1.Cl. The van der Waals surface area contributed by atoms with E-state index in [0.717, 1.165) is 40.9 Å². The molecule has 27 heavy (non-hydrogen) atoms. The van der Waals surface area contributed by atoms with Crippen LogP contribution in [0.2, 0.25) is 0 Å². The van der Waals surface area contributed by atoms with Crippen LogP contribution in [-0.2, 0) is 4.79 Å². The minimum absolute atomic E-state index is 0. The van der Waals surface area contributed by atoms with E-state index in [1.54, 1.807) is 19.1 Å². The Hall–Kier alpha value is -1.83. The average Bonchev–Trinajstić information content (AvgIpc) is 3.13. The molecule has 8 heteroatoms. The normalized spacial score (nSPS) is 10.4. The number of anilines is 1. The van der Waals surface area contributed by atoms with Crippen LogP contribution in [0.4, 0.5) is 5.13 Å². The molecule has 0 spiro atoms. The Kier molecular flexibility index (Phi) is 9.55. The number of hydrogen-bond acceptors (Lipinski definition) is 6. The first-order chi connectivity index (χ1) is 12.5. The van der Waals surface area contributed by atoms with Crippen LogP contribution in [0.5, 0.6) is 11.5 Å². The molecule has 1 heterocycles. The largest absolute Gasteiger partial charge is 0.497 e. The van der Waals surface area contributed by atoms with Crippen molar-refractivity contribution in [3.05, 3.63) is 23.6 Å². The number of methoxy groups -OCH3 is 2. The van der Waals surface area contributed by atoms with Gasteiger partial charge in [0, 0.05) is 23.9 Å². The van der Waals surface area contributed by atoms with Gasteiger partial charge in [-0.25, -0.2) is 4.98 Å². The maximum Gasteiger partial charge on any atom is 0.228 e. The summed E-state index contributed by atoms with van der Waals surface area (Å²) in [4.78, 5) is 21.0. The number of nitrogens with zero attached hydrogens (tertiary/aromatic N) is 3. The monoisotopic (exact) mass is 413 g/mol. The summed E-state index contributed by atoms with van der Waals surface area (Å²) in [5.74, 6) is 1.55.